The van der Waals surface area contributed by atoms with Crippen LogP contribution in [0.4, 0.5) is 0 Å². The number of furan rings is 1. The first-order valence-electron chi connectivity index (χ1n) is 5.25. The first kappa shape index (κ1) is 11.4. The molecule has 16 heavy (non-hydrogen) atoms. The van der Waals surface area contributed by atoms with Crippen molar-refractivity contribution in [3.05, 3.63) is 46.0 Å². The van der Waals surface area contributed by atoms with E-state index in [1.54, 1.807) is 11.3 Å². The highest BCUT2D eigenvalue weighted by Crippen LogP contribution is 2.13. The lowest BCUT2D eigenvalue weighted by atomic mass is 10.3. The van der Waals surface area contributed by atoms with Crippen molar-refractivity contribution >= 4 is 11.3 Å². The molecule has 2 N–H and O–H groups in total. The predicted molar refractivity (Wildman–Crippen MR) is 66.1 cm³/mol. The third kappa shape index (κ3) is 2.95. The lowest BCUT2D eigenvalue weighted by molar-refractivity contribution is 0.284. The minimum Gasteiger partial charge on any atom is -0.463 e. The van der Waals surface area contributed by atoms with Gasteiger partial charge in [0, 0.05) is 6.54 Å². The van der Waals surface area contributed by atoms with E-state index in [1.165, 1.54) is 5.56 Å². The van der Waals surface area contributed by atoms with Gasteiger partial charge in [0.25, 0.3) is 0 Å². The van der Waals surface area contributed by atoms with E-state index in [1.807, 2.05) is 12.1 Å². The number of hydrogen-bond acceptors (Lipinski definition) is 4. The van der Waals surface area contributed by atoms with Gasteiger partial charge in [0.15, 0.2) is 0 Å². The maximum Gasteiger partial charge on any atom is 0.118 e. The zero-order valence-electron chi connectivity index (χ0n) is 9.35. The average molecular weight is 236 g/mol. The molecule has 86 valence electrons. The molecule has 0 radical (unpaired) electrons. The molecule has 0 spiro atoms. The number of thiophene rings is 1. The van der Waals surface area contributed by atoms with Gasteiger partial charge < -0.3 is 10.2 Å². The Morgan fingerprint density at radius 2 is 2.06 bits per heavy atom. The Morgan fingerprint density at radius 3 is 2.69 bits per heavy atom. The lowest BCUT2D eigenvalue weighted by Crippen LogP contribution is -2.16. The molecule has 3 nitrogen and oxygen atoms in total. The Morgan fingerprint density at radius 1 is 1.25 bits per heavy atom. The van der Waals surface area contributed by atoms with Crippen LogP contribution in [-0.4, -0.2) is 11.9 Å². The summed E-state index contributed by atoms with van der Waals surface area (Å²) in [5.41, 5.74) is 6.84. The zero-order chi connectivity index (χ0) is 11.4. The highest BCUT2D eigenvalue weighted by molar-refractivity contribution is 7.07. The van der Waals surface area contributed by atoms with E-state index in [0.717, 1.165) is 24.6 Å². The monoisotopic (exact) mass is 236 g/mol. The van der Waals surface area contributed by atoms with Crippen molar-refractivity contribution in [3.63, 3.8) is 0 Å². The van der Waals surface area contributed by atoms with E-state index < -0.39 is 0 Å². The van der Waals surface area contributed by atoms with Crippen LogP contribution < -0.4 is 5.73 Å². The van der Waals surface area contributed by atoms with Gasteiger partial charge in [-0.05, 0) is 41.6 Å². The first-order valence-corrected chi connectivity index (χ1v) is 6.19. The predicted octanol–water partition coefficient (Wildman–Crippen LogP) is 2.43. The second-order valence-electron chi connectivity index (χ2n) is 3.88. The summed E-state index contributed by atoms with van der Waals surface area (Å²) in [7, 11) is 2.09. The molecule has 0 fully saturated rings. The van der Waals surface area contributed by atoms with Crippen LogP contribution in [0, 0.1) is 0 Å². The summed E-state index contributed by atoms with van der Waals surface area (Å²) < 4.78 is 5.56. The van der Waals surface area contributed by atoms with Crippen LogP contribution in [0.1, 0.15) is 17.1 Å². The normalized spacial score (nSPS) is 11.2. The molecule has 0 atom stereocenters. The molecule has 0 amide bonds. The van der Waals surface area contributed by atoms with Crippen molar-refractivity contribution in [2.45, 2.75) is 19.6 Å². The SMILES string of the molecule is CN(Cc1ccsc1)Cc1ccc(CN)o1. The number of hydrogen-bond donors (Lipinski definition) is 1. The lowest BCUT2D eigenvalue weighted by Gasteiger charge is -2.13. The Bertz CT molecular complexity index is 422. The van der Waals surface area contributed by atoms with Gasteiger partial charge in [0.1, 0.15) is 11.5 Å². The zero-order valence-corrected chi connectivity index (χ0v) is 10.2. The molecular formula is C12H16N2OS. The molecule has 0 aliphatic heterocycles. The molecule has 2 aromatic heterocycles. The van der Waals surface area contributed by atoms with Crippen molar-refractivity contribution < 1.29 is 4.42 Å². The minimum atomic E-state index is 0.467. The summed E-state index contributed by atoms with van der Waals surface area (Å²) in [5.74, 6) is 1.82. The first-order chi connectivity index (χ1) is 7.78. The van der Waals surface area contributed by atoms with E-state index in [2.05, 4.69) is 28.8 Å². The highest BCUT2D eigenvalue weighted by Gasteiger charge is 2.05. The molecule has 2 rings (SSSR count). The quantitative estimate of drug-likeness (QED) is 0.867. The molecule has 0 bridgehead atoms. The van der Waals surface area contributed by atoms with Gasteiger partial charge in [-0.1, -0.05) is 0 Å². The largest absolute Gasteiger partial charge is 0.463 e. The molecule has 0 aliphatic carbocycles. The molecule has 0 saturated heterocycles. The molecule has 2 aromatic rings. The second-order valence-corrected chi connectivity index (χ2v) is 4.66. The number of rotatable bonds is 5. The van der Waals surface area contributed by atoms with Crippen molar-refractivity contribution in [2.75, 3.05) is 7.05 Å². The topological polar surface area (TPSA) is 42.4 Å². The van der Waals surface area contributed by atoms with Gasteiger partial charge in [-0.2, -0.15) is 11.3 Å². The fourth-order valence-corrected chi connectivity index (χ4v) is 2.29. The Labute approximate surface area is 99.5 Å². The third-order valence-electron chi connectivity index (χ3n) is 2.38. The maximum atomic E-state index is 5.56. The van der Waals surface area contributed by atoms with E-state index >= 15 is 0 Å². The Hall–Kier alpha value is -1.10. The Kier molecular flexibility index (Phi) is 3.77. The van der Waals surface area contributed by atoms with Crippen LogP contribution in [0.15, 0.2) is 33.4 Å². The van der Waals surface area contributed by atoms with Crippen molar-refractivity contribution in [2.24, 2.45) is 5.73 Å². The molecule has 0 saturated carbocycles. The van der Waals surface area contributed by atoms with Gasteiger partial charge in [0.2, 0.25) is 0 Å². The van der Waals surface area contributed by atoms with Crippen LogP contribution in [0.3, 0.4) is 0 Å². The van der Waals surface area contributed by atoms with Crippen molar-refractivity contribution in [1.29, 1.82) is 0 Å². The van der Waals surface area contributed by atoms with Crippen LogP contribution in [0.2, 0.25) is 0 Å². The molecule has 0 aliphatic rings. The van der Waals surface area contributed by atoms with Crippen molar-refractivity contribution in [1.82, 2.24) is 4.90 Å². The number of nitrogens with zero attached hydrogens (tertiary/aromatic N) is 1. The molecule has 2 heterocycles. The third-order valence-corrected chi connectivity index (χ3v) is 3.11. The summed E-state index contributed by atoms with van der Waals surface area (Å²) in [6, 6.07) is 6.08. The Balaban J connectivity index is 1.89. The smallest absolute Gasteiger partial charge is 0.118 e. The molecule has 0 unspecified atom stereocenters. The van der Waals surface area contributed by atoms with E-state index in [4.69, 9.17) is 10.2 Å². The molecule has 4 heteroatoms. The van der Waals surface area contributed by atoms with E-state index in [9.17, 15) is 0 Å². The van der Waals surface area contributed by atoms with Crippen LogP contribution in [-0.2, 0) is 19.6 Å². The summed E-state index contributed by atoms with van der Waals surface area (Å²) in [5, 5.41) is 4.27. The van der Waals surface area contributed by atoms with Crippen LogP contribution in [0.5, 0.6) is 0 Å². The summed E-state index contributed by atoms with van der Waals surface area (Å²) in [4.78, 5) is 2.22. The minimum absolute atomic E-state index is 0.467. The van der Waals surface area contributed by atoms with E-state index in [-0.39, 0.29) is 0 Å². The van der Waals surface area contributed by atoms with Gasteiger partial charge in [-0.25, -0.2) is 0 Å². The fourth-order valence-electron chi connectivity index (χ4n) is 1.63. The van der Waals surface area contributed by atoms with Gasteiger partial charge in [-0.15, -0.1) is 0 Å². The van der Waals surface area contributed by atoms with Crippen LogP contribution in [0.25, 0.3) is 0 Å². The second kappa shape index (κ2) is 5.30. The summed E-state index contributed by atoms with van der Waals surface area (Å²) >= 11 is 1.73. The van der Waals surface area contributed by atoms with Crippen molar-refractivity contribution in [3.8, 4) is 0 Å². The van der Waals surface area contributed by atoms with Crippen LogP contribution >= 0.6 is 11.3 Å². The molecular weight excluding hydrogens is 220 g/mol. The van der Waals surface area contributed by atoms with Gasteiger partial charge in [0.05, 0.1) is 13.1 Å². The molecule has 0 aromatic carbocycles. The summed E-state index contributed by atoms with van der Waals surface area (Å²) in [6.45, 7) is 2.23. The summed E-state index contributed by atoms with van der Waals surface area (Å²) in [6.07, 6.45) is 0. The average Bonchev–Trinajstić information content (AvgIpc) is 2.89. The van der Waals surface area contributed by atoms with Gasteiger partial charge in [-0.3, -0.25) is 4.90 Å². The standard InChI is InChI=1S/C12H16N2OS/c1-14(7-10-4-5-16-9-10)8-12-3-2-11(6-13)15-12/h2-5,9H,6-8,13H2,1H3. The van der Waals surface area contributed by atoms with E-state index in [0.29, 0.717) is 6.54 Å². The maximum absolute atomic E-state index is 5.56. The fraction of sp³-hybridized carbons (Fsp3) is 0.333. The van der Waals surface area contributed by atoms with Gasteiger partial charge >= 0.3 is 0 Å². The number of nitrogens with two attached hydrogens (primary N) is 1. The highest BCUT2D eigenvalue weighted by atomic mass is 32.1.